The van der Waals surface area contributed by atoms with E-state index < -0.39 is 0 Å². The van der Waals surface area contributed by atoms with Gasteiger partial charge in [-0.15, -0.1) is 0 Å². The van der Waals surface area contributed by atoms with E-state index in [2.05, 4.69) is 30.3 Å². The summed E-state index contributed by atoms with van der Waals surface area (Å²) in [5, 5.41) is 8.86. The van der Waals surface area contributed by atoms with Crippen LogP contribution in [-0.4, -0.2) is 28.1 Å². The molecule has 0 atom stereocenters. The van der Waals surface area contributed by atoms with Gasteiger partial charge in [0, 0.05) is 13.1 Å². The zero-order valence-corrected chi connectivity index (χ0v) is 8.47. The lowest BCUT2D eigenvalue weighted by Gasteiger charge is -2.01. The smallest absolute Gasteiger partial charge is 0.277 e. The molecule has 0 unspecified atom stereocenters. The Bertz CT molecular complexity index is 465. The fourth-order valence-electron chi connectivity index (χ4n) is 1.03. The Morgan fingerprint density at radius 3 is 2.75 bits per heavy atom. The van der Waals surface area contributed by atoms with Crippen molar-refractivity contribution in [3.8, 4) is 0 Å². The summed E-state index contributed by atoms with van der Waals surface area (Å²) < 4.78 is 4.58. The molecule has 1 amide bonds. The molecule has 0 radical (unpaired) electrons. The van der Waals surface area contributed by atoms with Gasteiger partial charge in [0.25, 0.3) is 5.91 Å². The largest absolute Gasteiger partial charge is 0.372 e. The average molecular weight is 219 g/mol. The molecule has 0 bridgehead atoms. The molecule has 0 aromatic carbocycles. The Kier molecular flexibility index (Phi) is 2.77. The van der Waals surface area contributed by atoms with Crippen LogP contribution in [0.15, 0.2) is 29.2 Å². The van der Waals surface area contributed by atoms with Crippen LogP contribution in [0.4, 0.5) is 11.6 Å². The summed E-state index contributed by atoms with van der Waals surface area (Å²) in [6, 6.07) is 1.54. The van der Waals surface area contributed by atoms with Gasteiger partial charge in [0.1, 0.15) is 17.8 Å². The first kappa shape index (κ1) is 10.1. The normalized spacial score (nSPS) is 9.81. The number of rotatable bonds is 3. The van der Waals surface area contributed by atoms with Crippen molar-refractivity contribution in [3.05, 3.63) is 30.4 Å². The number of carbonyl (C=O) groups is 1. The van der Waals surface area contributed by atoms with Gasteiger partial charge < -0.3 is 15.2 Å². The molecule has 2 N–H and O–H groups in total. The second-order valence-electron chi connectivity index (χ2n) is 2.88. The van der Waals surface area contributed by atoms with E-state index in [1.54, 1.807) is 7.05 Å². The highest BCUT2D eigenvalue weighted by atomic mass is 16.5. The summed E-state index contributed by atoms with van der Waals surface area (Å²) in [7, 11) is 1.72. The summed E-state index contributed by atoms with van der Waals surface area (Å²) >= 11 is 0. The van der Waals surface area contributed by atoms with Crippen molar-refractivity contribution >= 4 is 17.5 Å². The molecular weight excluding hydrogens is 210 g/mol. The van der Waals surface area contributed by atoms with Crippen LogP contribution in [0.25, 0.3) is 0 Å². The number of hydrogen-bond acceptors (Lipinski definition) is 6. The monoisotopic (exact) mass is 219 g/mol. The van der Waals surface area contributed by atoms with Crippen LogP contribution < -0.4 is 10.6 Å². The third-order valence-corrected chi connectivity index (χ3v) is 1.82. The quantitative estimate of drug-likeness (QED) is 0.791. The fraction of sp³-hybridized carbons (Fsp3) is 0.111. The number of nitrogens with one attached hydrogen (secondary N) is 2. The van der Waals surface area contributed by atoms with E-state index in [1.165, 1.54) is 24.7 Å². The first-order chi connectivity index (χ1) is 7.79. The lowest BCUT2D eigenvalue weighted by Crippen LogP contribution is -2.14. The maximum Gasteiger partial charge on any atom is 0.277 e. The van der Waals surface area contributed by atoms with E-state index in [-0.39, 0.29) is 11.6 Å². The maximum atomic E-state index is 11.6. The zero-order chi connectivity index (χ0) is 11.4. The van der Waals surface area contributed by atoms with Gasteiger partial charge in [-0.1, -0.05) is 5.16 Å². The van der Waals surface area contributed by atoms with Gasteiger partial charge in [0.2, 0.25) is 0 Å². The molecular formula is C9H9N5O2. The summed E-state index contributed by atoms with van der Waals surface area (Å²) in [6.07, 6.45) is 4.21. The van der Waals surface area contributed by atoms with E-state index in [4.69, 9.17) is 0 Å². The van der Waals surface area contributed by atoms with Crippen molar-refractivity contribution in [1.29, 1.82) is 0 Å². The van der Waals surface area contributed by atoms with Crippen LogP contribution in [0, 0.1) is 0 Å². The molecule has 0 aliphatic heterocycles. The SMILES string of the molecule is CNc1cnc(C(=O)Nc2ccon2)cn1. The third-order valence-electron chi connectivity index (χ3n) is 1.82. The van der Waals surface area contributed by atoms with Crippen molar-refractivity contribution in [2.75, 3.05) is 17.7 Å². The van der Waals surface area contributed by atoms with Crippen molar-refractivity contribution in [1.82, 2.24) is 15.1 Å². The molecule has 0 aliphatic rings. The number of anilines is 2. The molecule has 7 nitrogen and oxygen atoms in total. The maximum absolute atomic E-state index is 11.6. The van der Waals surface area contributed by atoms with E-state index in [0.717, 1.165) is 0 Å². The molecule has 2 aromatic rings. The molecule has 0 spiro atoms. The van der Waals surface area contributed by atoms with Gasteiger partial charge in [-0.25, -0.2) is 9.97 Å². The second kappa shape index (κ2) is 4.39. The van der Waals surface area contributed by atoms with Crippen molar-refractivity contribution in [3.63, 3.8) is 0 Å². The molecule has 2 aromatic heterocycles. The van der Waals surface area contributed by atoms with Crippen LogP contribution in [0.1, 0.15) is 10.5 Å². The summed E-state index contributed by atoms with van der Waals surface area (Å²) in [6.45, 7) is 0. The van der Waals surface area contributed by atoms with Crippen LogP contribution >= 0.6 is 0 Å². The Balaban J connectivity index is 2.09. The molecule has 0 saturated carbocycles. The number of hydrogen-bond donors (Lipinski definition) is 2. The minimum absolute atomic E-state index is 0.210. The van der Waals surface area contributed by atoms with E-state index in [0.29, 0.717) is 11.6 Å². The zero-order valence-electron chi connectivity index (χ0n) is 8.47. The third kappa shape index (κ3) is 2.14. The van der Waals surface area contributed by atoms with E-state index in [1.807, 2.05) is 0 Å². The average Bonchev–Trinajstić information content (AvgIpc) is 2.82. The van der Waals surface area contributed by atoms with E-state index in [9.17, 15) is 4.79 Å². The van der Waals surface area contributed by atoms with Gasteiger partial charge >= 0.3 is 0 Å². The van der Waals surface area contributed by atoms with E-state index >= 15 is 0 Å². The Labute approximate surface area is 90.9 Å². The first-order valence-electron chi connectivity index (χ1n) is 4.51. The van der Waals surface area contributed by atoms with Crippen LogP contribution in [-0.2, 0) is 0 Å². The molecule has 2 rings (SSSR count). The van der Waals surface area contributed by atoms with Gasteiger partial charge in [-0.3, -0.25) is 4.79 Å². The van der Waals surface area contributed by atoms with Gasteiger partial charge in [0.15, 0.2) is 5.82 Å². The standard InChI is InChI=1S/C9H9N5O2/c1-10-8-5-11-6(4-12-8)9(15)13-7-2-3-16-14-7/h2-5H,1H3,(H,10,12)(H,13,14,15). The highest BCUT2D eigenvalue weighted by molar-refractivity contribution is 6.02. The molecule has 7 heteroatoms. The Morgan fingerprint density at radius 1 is 1.31 bits per heavy atom. The lowest BCUT2D eigenvalue weighted by molar-refractivity contribution is 0.102. The summed E-state index contributed by atoms with van der Waals surface area (Å²) in [5.41, 5.74) is 0.210. The van der Waals surface area contributed by atoms with Crippen molar-refractivity contribution < 1.29 is 9.32 Å². The van der Waals surface area contributed by atoms with Crippen LogP contribution in [0.5, 0.6) is 0 Å². The Morgan fingerprint density at radius 2 is 2.19 bits per heavy atom. The molecule has 16 heavy (non-hydrogen) atoms. The number of aromatic nitrogens is 3. The molecule has 0 saturated heterocycles. The number of carbonyl (C=O) groups excluding carboxylic acids is 1. The summed E-state index contributed by atoms with van der Waals surface area (Å²) in [5.74, 6) is 0.548. The fourth-order valence-corrected chi connectivity index (χ4v) is 1.03. The topological polar surface area (TPSA) is 92.9 Å². The van der Waals surface area contributed by atoms with Crippen molar-refractivity contribution in [2.45, 2.75) is 0 Å². The van der Waals surface area contributed by atoms with Gasteiger partial charge in [-0.2, -0.15) is 0 Å². The molecule has 0 fully saturated rings. The summed E-state index contributed by atoms with van der Waals surface area (Å²) in [4.78, 5) is 19.5. The molecule has 0 aliphatic carbocycles. The highest BCUT2D eigenvalue weighted by Gasteiger charge is 2.09. The molecule has 2 heterocycles. The highest BCUT2D eigenvalue weighted by Crippen LogP contribution is 2.05. The minimum Gasteiger partial charge on any atom is -0.372 e. The lowest BCUT2D eigenvalue weighted by atomic mass is 10.4. The van der Waals surface area contributed by atoms with Crippen LogP contribution in [0.2, 0.25) is 0 Å². The van der Waals surface area contributed by atoms with Gasteiger partial charge in [-0.05, 0) is 0 Å². The van der Waals surface area contributed by atoms with Gasteiger partial charge in [0.05, 0.1) is 12.4 Å². The first-order valence-corrected chi connectivity index (χ1v) is 4.51. The van der Waals surface area contributed by atoms with Crippen molar-refractivity contribution in [2.24, 2.45) is 0 Å². The predicted molar refractivity (Wildman–Crippen MR) is 56.0 cm³/mol. The number of amides is 1. The second-order valence-corrected chi connectivity index (χ2v) is 2.88. The molecule has 82 valence electrons. The number of nitrogens with zero attached hydrogens (tertiary/aromatic N) is 3. The van der Waals surface area contributed by atoms with Crippen LogP contribution in [0.3, 0.4) is 0 Å². The Hall–Kier alpha value is -2.44. The minimum atomic E-state index is -0.385. The predicted octanol–water partition coefficient (Wildman–Crippen LogP) is 0.759.